The summed E-state index contributed by atoms with van der Waals surface area (Å²) in [5.41, 5.74) is 10.9. The van der Waals surface area contributed by atoms with Crippen molar-refractivity contribution >= 4 is 5.82 Å². The highest BCUT2D eigenvalue weighted by Gasteiger charge is 2.25. The zero-order valence-corrected chi connectivity index (χ0v) is 13.4. The number of nitrogens with two attached hydrogens (primary N) is 1. The van der Waals surface area contributed by atoms with Crippen LogP contribution in [0.4, 0.5) is 5.82 Å². The lowest BCUT2D eigenvalue weighted by Gasteiger charge is -2.19. The smallest absolute Gasteiger partial charge is 0.131 e. The van der Waals surface area contributed by atoms with Crippen molar-refractivity contribution < 1.29 is 0 Å². The fourth-order valence-electron chi connectivity index (χ4n) is 2.73. The average Bonchev–Trinajstić information content (AvgIpc) is 2.66. The number of aryl methyl sites for hydroxylation is 2. The third-order valence-electron chi connectivity index (χ3n) is 3.71. The van der Waals surface area contributed by atoms with Gasteiger partial charge in [-0.2, -0.15) is 0 Å². The van der Waals surface area contributed by atoms with Crippen LogP contribution in [0.5, 0.6) is 0 Å². The zero-order valence-electron chi connectivity index (χ0n) is 13.4. The number of benzene rings is 1. The first kappa shape index (κ1) is 14.6. The van der Waals surface area contributed by atoms with Crippen molar-refractivity contribution in [1.82, 2.24) is 9.55 Å². The summed E-state index contributed by atoms with van der Waals surface area (Å²) in [7, 11) is 0. The molecule has 20 heavy (non-hydrogen) atoms. The number of aromatic nitrogens is 2. The van der Waals surface area contributed by atoms with E-state index in [0.717, 1.165) is 23.9 Å². The van der Waals surface area contributed by atoms with Crippen molar-refractivity contribution in [2.45, 2.75) is 53.5 Å². The molecule has 0 unspecified atom stereocenters. The molecule has 0 amide bonds. The first-order valence-corrected chi connectivity index (χ1v) is 7.20. The third kappa shape index (κ3) is 2.33. The summed E-state index contributed by atoms with van der Waals surface area (Å²) in [4.78, 5) is 4.88. The Bertz CT molecular complexity index is 610. The number of anilines is 1. The molecule has 0 aliphatic heterocycles. The second-order valence-electron chi connectivity index (χ2n) is 6.43. The van der Waals surface area contributed by atoms with E-state index < -0.39 is 0 Å². The molecule has 1 aromatic heterocycles. The van der Waals surface area contributed by atoms with E-state index >= 15 is 0 Å². The highest BCUT2D eigenvalue weighted by Crippen LogP contribution is 2.35. The van der Waals surface area contributed by atoms with E-state index in [-0.39, 0.29) is 5.41 Å². The number of rotatable bonds is 2. The van der Waals surface area contributed by atoms with Gasteiger partial charge in [0, 0.05) is 17.5 Å². The maximum atomic E-state index is 6.38. The molecule has 0 aliphatic carbocycles. The maximum Gasteiger partial charge on any atom is 0.131 e. The molecule has 0 fully saturated rings. The molecule has 0 saturated heterocycles. The van der Waals surface area contributed by atoms with Crippen LogP contribution in [-0.2, 0) is 12.0 Å². The molecule has 1 aromatic carbocycles. The first-order valence-electron chi connectivity index (χ1n) is 7.20. The predicted octanol–water partition coefficient (Wildman–Crippen LogP) is 4.07. The molecule has 2 N–H and O–H groups in total. The quantitative estimate of drug-likeness (QED) is 0.895. The Morgan fingerprint density at radius 2 is 1.70 bits per heavy atom. The van der Waals surface area contributed by atoms with Crippen molar-refractivity contribution in [3.05, 3.63) is 35.2 Å². The van der Waals surface area contributed by atoms with E-state index in [1.807, 2.05) is 0 Å². The Kier molecular flexibility index (Phi) is 3.63. The van der Waals surface area contributed by atoms with Crippen LogP contribution in [0, 0.1) is 13.8 Å². The van der Waals surface area contributed by atoms with Crippen LogP contribution in [0.15, 0.2) is 18.2 Å². The summed E-state index contributed by atoms with van der Waals surface area (Å²) in [5, 5.41) is 0. The lowest BCUT2D eigenvalue weighted by Crippen LogP contribution is -2.19. The van der Waals surface area contributed by atoms with Gasteiger partial charge in [-0.1, -0.05) is 39.0 Å². The number of nitrogens with zero attached hydrogens (tertiary/aromatic N) is 2. The highest BCUT2D eigenvalue weighted by molar-refractivity contribution is 5.76. The summed E-state index contributed by atoms with van der Waals surface area (Å²) in [6.07, 6.45) is 0. The number of hydrogen-bond donors (Lipinski definition) is 1. The second kappa shape index (κ2) is 4.97. The van der Waals surface area contributed by atoms with E-state index in [4.69, 9.17) is 10.7 Å². The molecule has 0 radical (unpaired) electrons. The lowest BCUT2D eigenvalue weighted by molar-refractivity contribution is 0.508. The molecular weight excluding hydrogens is 246 g/mol. The SMILES string of the molecule is CCn1c(C(C)(C)C)nc(-c2c(C)cccc2C)c1N. The van der Waals surface area contributed by atoms with Gasteiger partial charge in [0.1, 0.15) is 17.3 Å². The van der Waals surface area contributed by atoms with Gasteiger partial charge in [-0.05, 0) is 31.9 Å². The molecule has 0 bridgehead atoms. The lowest BCUT2D eigenvalue weighted by atomic mass is 9.95. The monoisotopic (exact) mass is 271 g/mol. The Morgan fingerprint density at radius 1 is 1.15 bits per heavy atom. The van der Waals surface area contributed by atoms with Crippen LogP contribution < -0.4 is 5.73 Å². The van der Waals surface area contributed by atoms with Gasteiger partial charge in [0.05, 0.1) is 0 Å². The van der Waals surface area contributed by atoms with Gasteiger partial charge in [0.15, 0.2) is 0 Å². The topological polar surface area (TPSA) is 43.8 Å². The van der Waals surface area contributed by atoms with Gasteiger partial charge in [-0.15, -0.1) is 0 Å². The van der Waals surface area contributed by atoms with Crippen molar-refractivity contribution in [3.8, 4) is 11.3 Å². The van der Waals surface area contributed by atoms with E-state index in [2.05, 4.69) is 64.3 Å². The van der Waals surface area contributed by atoms with Crippen LogP contribution >= 0.6 is 0 Å². The van der Waals surface area contributed by atoms with Crippen LogP contribution in [0.1, 0.15) is 44.6 Å². The molecule has 2 rings (SSSR count). The average molecular weight is 271 g/mol. The molecule has 0 spiro atoms. The molecule has 3 heteroatoms. The predicted molar refractivity (Wildman–Crippen MR) is 85.9 cm³/mol. The van der Waals surface area contributed by atoms with Gasteiger partial charge in [-0.25, -0.2) is 4.98 Å². The minimum absolute atomic E-state index is 0.0149. The Hall–Kier alpha value is -1.77. The number of nitrogen functional groups attached to an aromatic ring is 1. The first-order chi connectivity index (χ1) is 9.27. The molecule has 1 heterocycles. The van der Waals surface area contributed by atoms with Gasteiger partial charge in [-0.3, -0.25) is 0 Å². The maximum absolute atomic E-state index is 6.38. The second-order valence-corrected chi connectivity index (χ2v) is 6.43. The Morgan fingerprint density at radius 3 is 2.10 bits per heavy atom. The normalized spacial score (nSPS) is 11.9. The summed E-state index contributed by atoms with van der Waals surface area (Å²) < 4.78 is 2.13. The summed E-state index contributed by atoms with van der Waals surface area (Å²) in [5.74, 6) is 1.82. The molecular formula is C17H25N3. The highest BCUT2D eigenvalue weighted by atomic mass is 15.1. The van der Waals surface area contributed by atoms with E-state index in [1.165, 1.54) is 16.7 Å². The molecule has 0 atom stereocenters. The van der Waals surface area contributed by atoms with Gasteiger partial charge in [0.2, 0.25) is 0 Å². The fourth-order valence-corrected chi connectivity index (χ4v) is 2.73. The van der Waals surface area contributed by atoms with Crippen molar-refractivity contribution in [2.24, 2.45) is 0 Å². The molecule has 0 saturated carbocycles. The number of imidazole rings is 1. The number of hydrogen-bond acceptors (Lipinski definition) is 2. The third-order valence-corrected chi connectivity index (χ3v) is 3.71. The van der Waals surface area contributed by atoms with Gasteiger partial charge >= 0.3 is 0 Å². The molecule has 3 nitrogen and oxygen atoms in total. The van der Waals surface area contributed by atoms with Crippen LogP contribution in [0.25, 0.3) is 11.3 Å². The summed E-state index contributed by atoms with van der Waals surface area (Å²) in [6, 6.07) is 6.30. The Labute approximate surface area is 121 Å². The van der Waals surface area contributed by atoms with Crippen molar-refractivity contribution in [2.75, 3.05) is 5.73 Å². The van der Waals surface area contributed by atoms with Gasteiger partial charge < -0.3 is 10.3 Å². The fraction of sp³-hybridized carbons (Fsp3) is 0.471. The van der Waals surface area contributed by atoms with Crippen LogP contribution in [0.2, 0.25) is 0 Å². The van der Waals surface area contributed by atoms with E-state index in [1.54, 1.807) is 0 Å². The van der Waals surface area contributed by atoms with Crippen LogP contribution in [-0.4, -0.2) is 9.55 Å². The van der Waals surface area contributed by atoms with E-state index in [0.29, 0.717) is 0 Å². The molecule has 2 aromatic rings. The largest absolute Gasteiger partial charge is 0.383 e. The minimum Gasteiger partial charge on any atom is -0.383 e. The van der Waals surface area contributed by atoms with Crippen LogP contribution in [0.3, 0.4) is 0 Å². The van der Waals surface area contributed by atoms with Gasteiger partial charge in [0.25, 0.3) is 0 Å². The van der Waals surface area contributed by atoms with Crippen molar-refractivity contribution in [1.29, 1.82) is 0 Å². The zero-order chi connectivity index (χ0) is 15.1. The summed E-state index contributed by atoms with van der Waals surface area (Å²) >= 11 is 0. The Balaban J connectivity index is 2.74. The standard InChI is InChI=1S/C17H25N3/c1-7-20-15(18)14(19-16(20)17(4,5)6)13-11(2)9-8-10-12(13)3/h8-10H,7,18H2,1-6H3. The van der Waals surface area contributed by atoms with Crippen molar-refractivity contribution in [3.63, 3.8) is 0 Å². The molecule has 0 aliphatic rings. The van der Waals surface area contributed by atoms with E-state index in [9.17, 15) is 0 Å². The summed E-state index contributed by atoms with van der Waals surface area (Å²) in [6.45, 7) is 13.7. The minimum atomic E-state index is -0.0149. The molecule has 108 valence electrons.